The molecule has 1 unspecified atom stereocenters. The molecule has 0 saturated heterocycles. The minimum absolute atomic E-state index is 0.000699. The number of furan rings is 1. The van der Waals surface area contributed by atoms with Gasteiger partial charge in [0, 0.05) is 5.69 Å². The molecular weight excluding hydrogens is 364 g/mol. The summed E-state index contributed by atoms with van der Waals surface area (Å²) in [6, 6.07) is 9.77. The maximum absolute atomic E-state index is 12.2. The van der Waals surface area contributed by atoms with E-state index in [1.807, 2.05) is 6.92 Å². The molecule has 0 aliphatic carbocycles. The Morgan fingerprint density at radius 2 is 1.79 bits per heavy atom. The standard InChI is InChI=1S/C19H24N4O5/c1-3-23(12-17(24)21-14-6-8-15(27-2)9-7-14)13-18(25)22-19(26)20-11-16-5-4-10-28-16/h4-10H,3,11-13H2,1-2H3,(H,21,24)(H2,20,22,25,26)/p+1. The highest BCUT2D eigenvalue weighted by Gasteiger charge is 2.18. The van der Waals surface area contributed by atoms with Gasteiger partial charge in [0.05, 0.1) is 26.5 Å². The summed E-state index contributed by atoms with van der Waals surface area (Å²) in [5.74, 6) is 0.586. The fourth-order valence-electron chi connectivity index (χ4n) is 2.44. The third kappa shape index (κ3) is 7.12. The molecule has 1 aromatic carbocycles. The number of nitrogens with one attached hydrogen (secondary N) is 4. The quantitative estimate of drug-likeness (QED) is 0.488. The van der Waals surface area contributed by atoms with E-state index in [1.54, 1.807) is 43.5 Å². The summed E-state index contributed by atoms with van der Waals surface area (Å²) in [5.41, 5.74) is 0.642. The number of urea groups is 1. The van der Waals surface area contributed by atoms with E-state index in [9.17, 15) is 14.4 Å². The average Bonchev–Trinajstić information content (AvgIpc) is 3.20. The molecule has 0 radical (unpaired) electrons. The van der Waals surface area contributed by atoms with Gasteiger partial charge in [0.1, 0.15) is 11.5 Å². The lowest BCUT2D eigenvalue weighted by atomic mass is 10.3. The molecule has 0 spiro atoms. The first-order valence-corrected chi connectivity index (χ1v) is 8.87. The van der Waals surface area contributed by atoms with Gasteiger partial charge in [-0.15, -0.1) is 0 Å². The van der Waals surface area contributed by atoms with Crippen molar-refractivity contribution in [2.24, 2.45) is 0 Å². The van der Waals surface area contributed by atoms with E-state index in [4.69, 9.17) is 9.15 Å². The summed E-state index contributed by atoms with van der Waals surface area (Å²) in [7, 11) is 1.57. The predicted molar refractivity (Wildman–Crippen MR) is 102 cm³/mol. The number of hydrogen-bond donors (Lipinski definition) is 4. The number of carbonyl (C=O) groups excluding carboxylic acids is 3. The van der Waals surface area contributed by atoms with E-state index >= 15 is 0 Å². The molecule has 150 valence electrons. The third-order valence-electron chi connectivity index (χ3n) is 3.95. The Labute approximate surface area is 163 Å². The highest BCUT2D eigenvalue weighted by molar-refractivity contribution is 5.95. The molecule has 4 N–H and O–H groups in total. The largest absolute Gasteiger partial charge is 0.497 e. The first-order chi connectivity index (χ1) is 13.5. The Hall–Kier alpha value is -3.33. The van der Waals surface area contributed by atoms with Crippen LogP contribution in [0.15, 0.2) is 47.1 Å². The summed E-state index contributed by atoms with van der Waals surface area (Å²) in [5, 5.41) is 7.54. The van der Waals surface area contributed by atoms with Gasteiger partial charge in [-0.2, -0.15) is 0 Å². The van der Waals surface area contributed by atoms with Crippen molar-refractivity contribution >= 4 is 23.5 Å². The number of amides is 4. The normalized spacial score (nSPS) is 11.4. The van der Waals surface area contributed by atoms with Gasteiger partial charge < -0.3 is 24.7 Å². The highest BCUT2D eigenvalue weighted by atomic mass is 16.5. The van der Waals surface area contributed by atoms with Crippen LogP contribution in [0.25, 0.3) is 0 Å². The number of carbonyl (C=O) groups is 3. The Bertz CT molecular complexity index is 774. The summed E-state index contributed by atoms with van der Waals surface area (Å²) >= 11 is 0. The molecule has 2 aromatic rings. The highest BCUT2D eigenvalue weighted by Crippen LogP contribution is 2.14. The average molecular weight is 389 g/mol. The van der Waals surface area contributed by atoms with Gasteiger partial charge >= 0.3 is 6.03 Å². The zero-order valence-corrected chi connectivity index (χ0v) is 15.9. The number of benzene rings is 1. The third-order valence-corrected chi connectivity index (χ3v) is 3.95. The molecule has 28 heavy (non-hydrogen) atoms. The van der Waals surface area contributed by atoms with Gasteiger partial charge in [0.25, 0.3) is 11.8 Å². The zero-order chi connectivity index (χ0) is 20.4. The molecular formula is C19H25N4O5+. The van der Waals surface area contributed by atoms with Gasteiger partial charge in [-0.3, -0.25) is 14.9 Å². The summed E-state index contributed by atoms with van der Waals surface area (Å²) < 4.78 is 10.2. The molecule has 1 aromatic heterocycles. The van der Waals surface area contributed by atoms with Gasteiger partial charge in [-0.1, -0.05) is 0 Å². The maximum Gasteiger partial charge on any atom is 0.321 e. The van der Waals surface area contributed by atoms with Crippen molar-refractivity contribution in [3.05, 3.63) is 48.4 Å². The zero-order valence-electron chi connectivity index (χ0n) is 15.9. The van der Waals surface area contributed by atoms with Crippen LogP contribution < -0.4 is 25.6 Å². The second-order valence-corrected chi connectivity index (χ2v) is 6.04. The smallest absolute Gasteiger partial charge is 0.321 e. The van der Waals surface area contributed by atoms with Crippen LogP contribution in [0.2, 0.25) is 0 Å². The number of methoxy groups -OCH3 is 1. The SMILES string of the molecule is CC[NH+](CC(=O)NC(=O)NCc1ccco1)CC(=O)Nc1ccc(OC)cc1. The fraction of sp³-hybridized carbons (Fsp3) is 0.316. The van der Waals surface area contributed by atoms with Crippen LogP contribution in [-0.2, 0) is 16.1 Å². The molecule has 0 fully saturated rings. The lowest BCUT2D eigenvalue weighted by Gasteiger charge is -2.16. The van der Waals surface area contributed by atoms with Gasteiger partial charge in [0.15, 0.2) is 13.1 Å². The predicted octanol–water partition coefficient (Wildman–Crippen LogP) is 0.158. The molecule has 4 amide bonds. The molecule has 0 aliphatic heterocycles. The Morgan fingerprint density at radius 3 is 2.39 bits per heavy atom. The van der Waals surface area contributed by atoms with Crippen molar-refractivity contribution in [1.82, 2.24) is 10.6 Å². The van der Waals surface area contributed by atoms with Crippen LogP contribution in [0.5, 0.6) is 5.75 Å². The monoisotopic (exact) mass is 389 g/mol. The van der Waals surface area contributed by atoms with E-state index in [-0.39, 0.29) is 25.5 Å². The van der Waals surface area contributed by atoms with Crippen LogP contribution in [0, 0.1) is 0 Å². The first kappa shape index (κ1) is 21.0. The van der Waals surface area contributed by atoms with Crippen LogP contribution in [0.4, 0.5) is 10.5 Å². The summed E-state index contributed by atoms with van der Waals surface area (Å²) in [6.07, 6.45) is 1.50. The van der Waals surface area contributed by atoms with Gasteiger partial charge in [-0.05, 0) is 43.3 Å². The minimum Gasteiger partial charge on any atom is -0.497 e. The molecule has 1 heterocycles. The van der Waals surface area contributed by atoms with E-state index in [0.29, 0.717) is 23.7 Å². The van der Waals surface area contributed by atoms with E-state index < -0.39 is 11.9 Å². The number of quaternary nitrogens is 1. The van der Waals surface area contributed by atoms with Crippen molar-refractivity contribution in [1.29, 1.82) is 0 Å². The molecule has 0 bridgehead atoms. The van der Waals surface area contributed by atoms with Gasteiger partial charge in [-0.25, -0.2) is 4.79 Å². The topological polar surface area (TPSA) is 114 Å². The number of anilines is 1. The second kappa shape index (κ2) is 10.7. The van der Waals surface area contributed by atoms with Crippen LogP contribution in [0.1, 0.15) is 12.7 Å². The fourth-order valence-corrected chi connectivity index (χ4v) is 2.44. The number of ether oxygens (including phenoxy) is 1. The molecule has 9 heteroatoms. The summed E-state index contributed by atoms with van der Waals surface area (Å²) in [6.45, 7) is 2.70. The molecule has 0 aliphatic rings. The summed E-state index contributed by atoms with van der Waals surface area (Å²) in [4.78, 5) is 36.7. The van der Waals surface area contributed by atoms with Crippen molar-refractivity contribution < 1.29 is 28.4 Å². The first-order valence-electron chi connectivity index (χ1n) is 8.87. The van der Waals surface area contributed by atoms with Crippen molar-refractivity contribution in [2.75, 3.05) is 32.1 Å². The Morgan fingerprint density at radius 1 is 1.07 bits per heavy atom. The molecule has 1 atom stereocenters. The number of hydrogen-bond acceptors (Lipinski definition) is 5. The van der Waals surface area contributed by atoms with Gasteiger partial charge in [0.2, 0.25) is 0 Å². The molecule has 2 rings (SSSR count). The van der Waals surface area contributed by atoms with Crippen LogP contribution in [0.3, 0.4) is 0 Å². The minimum atomic E-state index is -0.612. The maximum atomic E-state index is 12.2. The van der Waals surface area contributed by atoms with E-state index in [0.717, 1.165) is 4.90 Å². The number of imide groups is 1. The number of rotatable bonds is 9. The van der Waals surface area contributed by atoms with E-state index in [1.165, 1.54) is 6.26 Å². The lowest BCUT2D eigenvalue weighted by molar-refractivity contribution is -0.881. The molecule has 9 nitrogen and oxygen atoms in total. The van der Waals surface area contributed by atoms with Crippen molar-refractivity contribution in [3.63, 3.8) is 0 Å². The Kier molecular flexibility index (Phi) is 8.04. The lowest BCUT2D eigenvalue weighted by Crippen LogP contribution is -3.14. The van der Waals surface area contributed by atoms with Crippen LogP contribution >= 0.6 is 0 Å². The Balaban J connectivity index is 1.74. The number of likely N-dealkylation sites (N-methyl/N-ethyl adjacent to an activating group) is 1. The van der Waals surface area contributed by atoms with Crippen LogP contribution in [-0.4, -0.2) is 44.6 Å². The van der Waals surface area contributed by atoms with Crippen molar-refractivity contribution in [3.8, 4) is 5.75 Å². The second-order valence-electron chi connectivity index (χ2n) is 6.04. The van der Waals surface area contributed by atoms with E-state index in [2.05, 4.69) is 16.0 Å². The molecule has 0 saturated carbocycles. The van der Waals surface area contributed by atoms with Crippen molar-refractivity contribution in [2.45, 2.75) is 13.5 Å².